The summed E-state index contributed by atoms with van der Waals surface area (Å²) in [4.78, 5) is 62.7. The van der Waals surface area contributed by atoms with Crippen LogP contribution in [-0.4, -0.2) is 59.2 Å². The zero-order chi connectivity index (χ0) is 29.3. The van der Waals surface area contributed by atoms with Gasteiger partial charge in [-0.1, -0.05) is 54.6 Å². The Morgan fingerprint density at radius 1 is 0.900 bits per heavy atom. The predicted octanol–water partition coefficient (Wildman–Crippen LogP) is 2.11. The van der Waals surface area contributed by atoms with E-state index in [1.54, 1.807) is 45.0 Å². The quantitative estimate of drug-likeness (QED) is 0.308. The monoisotopic (exact) mass is 553 g/mol. The van der Waals surface area contributed by atoms with Crippen molar-refractivity contribution in [3.63, 3.8) is 0 Å². The Hall–Kier alpha value is -4.41. The van der Waals surface area contributed by atoms with E-state index in [1.165, 1.54) is 0 Å². The minimum Gasteiger partial charge on any atom is -0.480 e. The minimum absolute atomic E-state index is 0.0615. The Bertz CT molecular complexity index is 1200. The highest BCUT2D eigenvalue weighted by molar-refractivity contribution is 5.94. The number of hydrogen-bond acceptors (Lipinski definition) is 7. The number of carboxylic acids is 1. The van der Waals surface area contributed by atoms with Gasteiger partial charge < -0.3 is 30.5 Å². The molecule has 0 fully saturated rings. The van der Waals surface area contributed by atoms with Gasteiger partial charge in [-0.2, -0.15) is 0 Å². The zero-order valence-corrected chi connectivity index (χ0v) is 22.8. The molecule has 0 radical (unpaired) electrons. The number of carboxylic acid groups (broad SMARTS) is 1. The predicted molar refractivity (Wildman–Crippen MR) is 144 cm³/mol. The lowest BCUT2D eigenvalue weighted by Gasteiger charge is -2.27. The summed E-state index contributed by atoms with van der Waals surface area (Å²) in [6.45, 7) is 4.32. The molecule has 4 N–H and O–H groups in total. The number of hydrogen-bond donors (Lipinski definition) is 4. The van der Waals surface area contributed by atoms with E-state index >= 15 is 0 Å². The number of alkyl carbamates (subject to hydrolysis) is 1. The normalized spacial score (nSPS) is 14.3. The third-order valence-electron chi connectivity index (χ3n) is 6.16. The first kappa shape index (κ1) is 30.1. The standard InChI is InChI=1S/C29H35N3O8/c1-29(2,3)40-24(35)15-22(31-28(38)39-17-18-9-5-4-6-10-18)26(36)32-25(27(37)30-16-23(33)34)21-13-19-11-7-8-12-20(19)14-21/h4-12,21-22,25H,13-17H2,1-3H3,(H,30,37)(H,31,38)(H,32,36)(H,33,34)/t22-,25-/m0/s1. The molecule has 1 aliphatic rings. The van der Waals surface area contributed by atoms with E-state index in [2.05, 4.69) is 16.0 Å². The van der Waals surface area contributed by atoms with E-state index in [0.29, 0.717) is 12.8 Å². The summed E-state index contributed by atoms with van der Waals surface area (Å²) in [5.74, 6) is -3.84. The highest BCUT2D eigenvalue weighted by atomic mass is 16.6. The Morgan fingerprint density at radius 3 is 2.08 bits per heavy atom. The summed E-state index contributed by atoms with van der Waals surface area (Å²) < 4.78 is 10.6. The van der Waals surface area contributed by atoms with Crippen LogP contribution in [0, 0.1) is 5.92 Å². The van der Waals surface area contributed by atoms with Crippen LogP contribution in [0.25, 0.3) is 0 Å². The summed E-state index contributed by atoms with van der Waals surface area (Å²) in [6.07, 6.45) is -0.499. The number of carbonyl (C=O) groups is 5. The molecule has 0 saturated carbocycles. The van der Waals surface area contributed by atoms with E-state index in [1.807, 2.05) is 30.3 Å². The first-order valence-electron chi connectivity index (χ1n) is 13.0. The van der Waals surface area contributed by atoms with Crippen LogP contribution in [0.3, 0.4) is 0 Å². The molecule has 0 saturated heterocycles. The largest absolute Gasteiger partial charge is 0.480 e. The number of fused-ring (bicyclic) bond motifs is 1. The molecule has 0 bridgehead atoms. The summed E-state index contributed by atoms with van der Waals surface area (Å²) in [6, 6.07) is 14.0. The number of carbonyl (C=O) groups excluding carboxylic acids is 4. The van der Waals surface area contributed by atoms with E-state index in [0.717, 1.165) is 16.7 Å². The van der Waals surface area contributed by atoms with Gasteiger partial charge in [0.25, 0.3) is 0 Å². The van der Waals surface area contributed by atoms with E-state index < -0.39 is 60.5 Å². The molecule has 0 aliphatic heterocycles. The maximum Gasteiger partial charge on any atom is 0.408 e. The SMILES string of the molecule is CC(C)(C)OC(=O)C[C@H](NC(=O)OCc1ccccc1)C(=O)N[C@H](C(=O)NCC(=O)O)C1Cc2ccccc2C1. The van der Waals surface area contributed by atoms with Crippen LogP contribution >= 0.6 is 0 Å². The Kier molecular flexibility index (Phi) is 10.2. The van der Waals surface area contributed by atoms with Gasteiger partial charge in [-0.25, -0.2) is 4.79 Å². The van der Waals surface area contributed by atoms with Crippen LogP contribution in [0.1, 0.15) is 43.9 Å². The van der Waals surface area contributed by atoms with Crippen molar-refractivity contribution in [2.45, 2.75) is 64.3 Å². The number of aliphatic carboxylic acids is 1. The maximum absolute atomic E-state index is 13.5. The molecule has 1 aliphatic carbocycles. The van der Waals surface area contributed by atoms with Crippen molar-refractivity contribution in [1.82, 2.24) is 16.0 Å². The topological polar surface area (TPSA) is 160 Å². The van der Waals surface area contributed by atoms with Crippen LogP contribution in [0.5, 0.6) is 0 Å². The molecule has 2 atom stereocenters. The molecule has 3 amide bonds. The van der Waals surface area contributed by atoms with Crippen LogP contribution < -0.4 is 16.0 Å². The lowest BCUT2D eigenvalue weighted by atomic mass is 9.95. The number of amides is 3. The second kappa shape index (κ2) is 13.6. The van der Waals surface area contributed by atoms with Gasteiger partial charge in [0.1, 0.15) is 30.8 Å². The summed E-state index contributed by atoms with van der Waals surface area (Å²) in [5, 5.41) is 16.4. The van der Waals surface area contributed by atoms with Gasteiger partial charge in [-0.15, -0.1) is 0 Å². The third-order valence-corrected chi connectivity index (χ3v) is 6.16. The van der Waals surface area contributed by atoms with Crippen molar-refractivity contribution in [2.24, 2.45) is 5.92 Å². The Labute approximate surface area is 232 Å². The molecule has 0 heterocycles. The molecule has 40 heavy (non-hydrogen) atoms. The van der Waals surface area contributed by atoms with Crippen LogP contribution in [0.4, 0.5) is 4.79 Å². The molecular weight excluding hydrogens is 518 g/mol. The Morgan fingerprint density at radius 2 is 1.50 bits per heavy atom. The molecule has 2 aromatic carbocycles. The van der Waals surface area contributed by atoms with Crippen LogP contribution in [0.2, 0.25) is 0 Å². The number of esters is 1. The van der Waals surface area contributed by atoms with Gasteiger partial charge in [0.2, 0.25) is 11.8 Å². The average Bonchev–Trinajstić information content (AvgIpc) is 3.32. The van der Waals surface area contributed by atoms with Crippen LogP contribution in [-0.2, 0) is 48.1 Å². The molecule has 11 heteroatoms. The fraction of sp³-hybridized carbons (Fsp3) is 0.414. The number of benzene rings is 2. The van der Waals surface area contributed by atoms with Crippen molar-refractivity contribution in [2.75, 3.05) is 6.54 Å². The number of nitrogens with one attached hydrogen (secondary N) is 3. The lowest BCUT2D eigenvalue weighted by Crippen LogP contribution is -2.57. The van der Waals surface area contributed by atoms with Crippen molar-refractivity contribution in [3.05, 3.63) is 71.3 Å². The van der Waals surface area contributed by atoms with E-state index in [-0.39, 0.29) is 12.5 Å². The third kappa shape index (κ3) is 9.40. The molecule has 0 spiro atoms. The highest BCUT2D eigenvalue weighted by Gasteiger charge is 2.37. The van der Waals surface area contributed by atoms with Gasteiger partial charge in [0.05, 0.1) is 6.42 Å². The molecule has 11 nitrogen and oxygen atoms in total. The molecule has 214 valence electrons. The van der Waals surface area contributed by atoms with Crippen molar-refractivity contribution in [3.8, 4) is 0 Å². The summed E-state index contributed by atoms with van der Waals surface area (Å²) >= 11 is 0. The fourth-order valence-electron chi connectivity index (χ4n) is 4.42. The highest BCUT2D eigenvalue weighted by Crippen LogP contribution is 2.29. The molecule has 3 rings (SSSR count). The Balaban J connectivity index is 1.76. The fourth-order valence-corrected chi connectivity index (χ4v) is 4.42. The summed E-state index contributed by atoms with van der Waals surface area (Å²) in [7, 11) is 0. The van der Waals surface area contributed by atoms with Crippen LogP contribution in [0.15, 0.2) is 54.6 Å². The summed E-state index contributed by atoms with van der Waals surface area (Å²) in [5.41, 5.74) is 1.93. The number of rotatable bonds is 11. The van der Waals surface area contributed by atoms with Gasteiger partial charge in [-0.05, 0) is 56.2 Å². The average molecular weight is 554 g/mol. The van der Waals surface area contributed by atoms with Crippen molar-refractivity contribution >= 4 is 29.8 Å². The van der Waals surface area contributed by atoms with Crippen molar-refractivity contribution < 1.29 is 38.6 Å². The lowest BCUT2D eigenvalue weighted by molar-refractivity contribution is -0.156. The van der Waals surface area contributed by atoms with E-state index in [4.69, 9.17) is 14.6 Å². The number of ether oxygens (including phenoxy) is 2. The molecule has 2 aromatic rings. The minimum atomic E-state index is -1.42. The zero-order valence-electron chi connectivity index (χ0n) is 22.8. The van der Waals surface area contributed by atoms with Crippen molar-refractivity contribution in [1.29, 1.82) is 0 Å². The van der Waals surface area contributed by atoms with Gasteiger partial charge in [-0.3, -0.25) is 19.2 Å². The van der Waals surface area contributed by atoms with Gasteiger partial charge >= 0.3 is 18.0 Å². The van der Waals surface area contributed by atoms with E-state index in [9.17, 15) is 24.0 Å². The second-order valence-corrected chi connectivity index (χ2v) is 10.6. The first-order chi connectivity index (χ1) is 18.9. The van der Waals surface area contributed by atoms with Gasteiger partial charge in [0.15, 0.2) is 0 Å². The molecule has 0 unspecified atom stereocenters. The second-order valence-electron chi connectivity index (χ2n) is 10.6. The van der Waals surface area contributed by atoms with Gasteiger partial charge in [0, 0.05) is 0 Å². The smallest absolute Gasteiger partial charge is 0.408 e. The maximum atomic E-state index is 13.5. The molecule has 0 aromatic heterocycles. The molecular formula is C29H35N3O8. The first-order valence-corrected chi connectivity index (χ1v) is 13.0.